The molecule has 0 unspecified atom stereocenters. The van der Waals surface area contributed by atoms with Crippen molar-refractivity contribution < 1.29 is 10.0 Å². The average Bonchev–Trinajstić information content (AvgIpc) is 2.81. The van der Waals surface area contributed by atoms with E-state index < -0.39 is 5.60 Å². The minimum absolute atomic E-state index is 0.0827. The summed E-state index contributed by atoms with van der Waals surface area (Å²) in [7, 11) is 0. The molecule has 2 heterocycles. The summed E-state index contributed by atoms with van der Waals surface area (Å²) >= 11 is 0. The number of β-amino-alcohol motifs (C(OH)–C–C–N with tert-alkyl or cyclic N) is 1. The maximum Gasteiger partial charge on any atom is 0.269 e. The van der Waals surface area contributed by atoms with E-state index in [0.717, 1.165) is 54.4 Å². The first-order valence-corrected chi connectivity index (χ1v) is 11.6. The van der Waals surface area contributed by atoms with Gasteiger partial charge in [0.15, 0.2) is 5.82 Å². The molecule has 4 rings (SSSR count). The Balaban J connectivity index is 1.66. The van der Waals surface area contributed by atoms with Crippen molar-refractivity contribution in [3.05, 3.63) is 81.5 Å². The quantitative estimate of drug-likeness (QED) is 0.422. The molecule has 1 N–H and O–H groups in total. The summed E-state index contributed by atoms with van der Waals surface area (Å²) in [6, 6.07) is 16.6. The maximum absolute atomic E-state index is 11.0. The molecule has 1 aliphatic heterocycles. The molecule has 34 heavy (non-hydrogen) atoms. The number of hydrogen-bond donors (Lipinski definition) is 1. The third kappa shape index (κ3) is 5.76. The summed E-state index contributed by atoms with van der Waals surface area (Å²) < 4.78 is 0. The van der Waals surface area contributed by atoms with E-state index in [4.69, 9.17) is 9.97 Å². The Hall–Kier alpha value is -3.36. The molecule has 178 valence electrons. The van der Waals surface area contributed by atoms with E-state index in [-0.39, 0.29) is 10.6 Å². The summed E-state index contributed by atoms with van der Waals surface area (Å²) in [5, 5.41) is 21.2. The molecule has 0 saturated carbocycles. The first-order valence-electron chi connectivity index (χ1n) is 11.6. The summed E-state index contributed by atoms with van der Waals surface area (Å²) in [5.74, 6) is 1.60. The molecule has 0 radical (unpaired) electrons. The van der Waals surface area contributed by atoms with Gasteiger partial charge in [0.2, 0.25) is 0 Å². The molecule has 1 fully saturated rings. The van der Waals surface area contributed by atoms with Crippen molar-refractivity contribution in [2.45, 2.75) is 32.8 Å². The van der Waals surface area contributed by atoms with E-state index in [1.807, 2.05) is 51.1 Å². The molecule has 1 saturated heterocycles. The highest BCUT2D eigenvalue weighted by Crippen LogP contribution is 2.29. The largest absolute Gasteiger partial charge is 0.389 e. The molecule has 0 amide bonds. The fraction of sp³-hybridized carbons (Fsp3) is 0.385. The van der Waals surface area contributed by atoms with Crippen LogP contribution in [0, 0.1) is 17.0 Å². The molecular weight excluding hydrogens is 430 g/mol. The van der Waals surface area contributed by atoms with Crippen molar-refractivity contribution in [2.75, 3.05) is 37.6 Å². The number of aliphatic hydroxyl groups is 1. The van der Waals surface area contributed by atoms with Gasteiger partial charge in [0.25, 0.3) is 5.69 Å². The molecule has 8 heteroatoms. The minimum atomic E-state index is -0.727. The van der Waals surface area contributed by atoms with Crippen molar-refractivity contribution in [3.8, 4) is 11.4 Å². The van der Waals surface area contributed by atoms with Gasteiger partial charge in [-0.15, -0.1) is 0 Å². The molecule has 0 aliphatic carbocycles. The lowest BCUT2D eigenvalue weighted by Crippen LogP contribution is -2.51. The Kier molecular flexibility index (Phi) is 6.90. The van der Waals surface area contributed by atoms with Crippen LogP contribution in [-0.4, -0.2) is 63.2 Å². The van der Waals surface area contributed by atoms with Crippen molar-refractivity contribution in [1.82, 2.24) is 14.9 Å². The van der Waals surface area contributed by atoms with E-state index >= 15 is 0 Å². The van der Waals surface area contributed by atoms with Crippen LogP contribution in [0.1, 0.15) is 30.7 Å². The lowest BCUT2D eigenvalue weighted by molar-refractivity contribution is -0.384. The van der Waals surface area contributed by atoms with E-state index in [0.29, 0.717) is 18.8 Å². The number of non-ortho nitro benzene ring substituents is 1. The van der Waals surface area contributed by atoms with Crippen LogP contribution in [0.15, 0.2) is 54.6 Å². The normalized spacial score (nSPS) is 14.9. The van der Waals surface area contributed by atoms with Crippen molar-refractivity contribution >= 4 is 11.5 Å². The predicted molar refractivity (Wildman–Crippen MR) is 133 cm³/mol. The first-order chi connectivity index (χ1) is 16.2. The Bertz CT molecular complexity index is 1140. The summed E-state index contributed by atoms with van der Waals surface area (Å²) in [4.78, 5) is 25.0. The van der Waals surface area contributed by atoms with Crippen LogP contribution in [0.3, 0.4) is 0 Å². The van der Waals surface area contributed by atoms with Gasteiger partial charge in [-0.2, -0.15) is 0 Å². The zero-order valence-corrected chi connectivity index (χ0v) is 19.9. The number of nitrogens with zero attached hydrogens (tertiary/aromatic N) is 5. The van der Waals surface area contributed by atoms with Crippen molar-refractivity contribution in [1.29, 1.82) is 0 Å². The van der Waals surface area contributed by atoms with Gasteiger partial charge < -0.3 is 10.0 Å². The van der Waals surface area contributed by atoms with Crippen LogP contribution in [0.2, 0.25) is 0 Å². The fourth-order valence-corrected chi connectivity index (χ4v) is 4.37. The Morgan fingerprint density at radius 3 is 2.24 bits per heavy atom. The first kappa shape index (κ1) is 23.8. The van der Waals surface area contributed by atoms with E-state index in [2.05, 4.69) is 9.80 Å². The van der Waals surface area contributed by atoms with Gasteiger partial charge >= 0.3 is 0 Å². The zero-order valence-electron chi connectivity index (χ0n) is 19.9. The van der Waals surface area contributed by atoms with Crippen molar-refractivity contribution in [3.63, 3.8) is 0 Å². The molecule has 3 aromatic rings. The van der Waals surface area contributed by atoms with Crippen LogP contribution < -0.4 is 4.90 Å². The zero-order chi connectivity index (χ0) is 24.3. The second-order valence-electron chi connectivity index (χ2n) is 9.48. The second-order valence-corrected chi connectivity index (χ2v) is 9.48. The number of anilines is 1. The number of aromatic nitrogens is 2. The van der Waals surface area contributed by atoms with Crippen LogP contribution in [0.25, 0.3) is 11.4 Å². The van der Waals surface area contributed by atoms with Gasteiger partial charge in [-0.1, -0.05) is 42.5 Å². The Morgan fingerprint density at radius 2 is 1.65 bits per heavy atom. The third-order valence-electron chi connectivity index (χ3n) is 6.03. The van der Waals surface area contributed by atoms with Gasteiger partial charge in [-0.25, -0.2) is 9.97 Å². The SMILES string of the molecule is Cc1nc(-c2ccccc2)nc(N2CCN(CC(C)(C)O)CC2)c1Cc1ccc([N+](=O)[O-])cc1. The molecular formula is C26H31N5O3. The molecule has 8 nitrogen and oxygen atoms in total. The average molecular weight is 462 g/mol. The van der Waals surface area contributed by atoms with E-state index in [1.54, 1.807) is 24.3 Å². The molecule has 0 atom stereocenters. The Morgan fingerprint density at radius 1 is 1.00 bits per heavy atom. The summed E-state index contributed by atoms with van der Waals surface area (Å²) in [6.07, 6.45) is 0.595. The fourth-order valence-electron chi connectivity index (χ4n) is 4.37. The molecule has 0 spiro atoms. The van der Waals surface area contributed by atoms with E-state index in [1.165, 1.54) is 0 Å². The van der Waals surface area contributed by atoms with Crippen LogP contribution in [0.4, 0.5) is 11.5 Å². The van der Waals surface area contributed by atoms with Gasteiger partial charge in [0, 0.05) is 68.1 Å². The standard InChI is InChI=1S/C26H31N5O3/c1-19-23(17-20-9-11-22(12-10-20)31(33)34)25(28-24(27-19)21-7-5-4-6-8-21)30-15-13-29(14-16-30)18-26(2,3)32/h4-12,32H,13-18H2,1-3H3. The van der Waals surface area contributed by atoms with Crippen LogP contribution in [0.5, 0.6) is 0 Å². The number of aryl methyl sites for hydroxylation is 1. The summed E-state index contributed by atoms with van der Waals surface area (Å²) in [5.41, 5.74) is 3.24. The smallest absolute Gasteiger partial charge is 0.269 e. The lowest BCUT2D eigenvalue weighted by atomic mass is 10.0. The number of nitro groups is 1. The highest BCUT2D eigenvalue weighted by molar-refractivity contribution is 5.61. The molecule has 0 bridgehead atoms. The van der Waals surface area contributed by atoms with Gasteiger partial charge in [0.05, 0.1) is 10.5 Å². The van der Waals surface area contributed by atoms with Crippen LogP contribution in [-0.2, 0) is 6.42 Å². The van der Waals surface area contributed by atoms with Crippen molar-refractivity contribution in [2.24, 2.45) is 0 Å². The number of piperazine rings is 1. The van der Waals surface area contributed by atoms with Gasteiger partial charge in [0.1, 0.15) is 5.82 Å². The number of nitro benzene ring substituents is 1. The second kappa shape index (κ2) is 9.87. The van der Waals surface area contributed by atoms with E-state index in [9.17, 15) is 15.2 Å². The predicted octanol–water partition coefficient (Wildman–Crippen LogP) is 3.84. The monoisotopic (exact) mass is 461 g/mol. The number of benzene rings is 2. The number of hydrogen-bond acceptors (Lipinski definition) is 7. The topological polar surface area (TPSA) is 95.6 Å². The minimum Gasteiger partial charge on any atom is -0.389 e. The maximum atomic E-state index is 11.0. The van der Waals surface area contributed by atoms with Crippen LogP contribution >= 0.6 is 0 Å². The molecule has 1 aromatic heterocycles. The molecule has 2 aromatic carbocycles. The Labute approximate surface area is 200 Å². The van der Waals surface area contributed by atoms with Gasteiger partial charge in [-0.3, -0.25) is 15.0 Å². The highest BCUT2D eigenvalue weighted by Gasteiger charge is 2.26. The summed E-state index contributed by atoms with van der Waals surface area (Å²) in [6.45, 7) is 9.58. The number of rotatable bonds is 7. The molecule has 1 aliphatic rings. The third-order valence-corrected chi connectivity index (χ3v) is 6.03. The van der Waals surface area contributed by atoms with Gasteiger partial charge in [-0.05, 0) is 26.3 Å². The lowest BCUT2D eigenvalue weighted by Gasteiger charge is -2.38. The highest BCUT2D eigenvalue weighted by atomic mass is 16.6.